The van der Waals surface area contributed by atoms with Gasteiger partial charge in [-0.1, -0.05) is 0 Å². The van der Waals surface area contributed by atoms with Crippen LogP contribution in [0.2, 0.25) is 0 Å². The molecule has 0 amide bonds. The second-order valence-electron chi connectivity index (χ2n) is 6.28. The van der Waals surface area contributed by atoms with Crippen LogP contribution < -0.4 is 15.2 Å². The fraction of sp³-hybridized carbons (Fsp3) is 0.647. The maximum absolute atomic E-state index is 10.5. The molecule has 3 aliphatic rings. The quantitative estimate of drug-likeness (QED) is 0.810. The normalized spacial score (nSPS) is 30.3. The third kappa shape index (κ3) is 2.75. The van der Waals surface area contributed by atoms with Gasteiger partial charge in [-0.3, -0.25) is 4.90 Å². The highest BCUT2D eigenvalue weighted by atomic mass is 16.5. The number of aliphatic hydroxyl groups excluding tert-OH is 1. The molecule has 3 saturated heterocycles. The maximum Gasteiger partial charge on any atom is 0.183 e. The van der Waals surface area contributed by atoms with E-state index >= 15 is 0 Å². The monoisotopic (exact) mass is 306 g/mol. The van der Waals surface area contributed by atoms with Gasteiger partial charge in [0.05, 0.1) is 25.5 Å². The second kappa shape index (κ2) is 6.34. The van der Waals surface area contributed by atoms with Crippen molar-refractivity contribution >= 4 is 5.69 Å². The Morgan fingerprint density at radius 3 is 2.64 bits per heavy atom. The standard InChI is InChI=1S/C17H26N2O3/c1-3-22-15-10-11(8-13(18)17(15)21-2)9-14-16(20)12-4-6-19(14)7-5-12/h8,10,12,14,16,20H,3-7,9,18H2,1-2H3. The summed E-state index contributed by atoms with van der Waals surface area (Å²) in [5.41, 5.74) is 7.78. The van der Waals surface area contributed by atoms with Crippen LogP contribution in [0.1, 0.15) is 25.3 Å². The van der Waals surface area contributed by atoms with Crippen LogP contribution >= 0.6 is 0 Å². The average Bonchev–Trinajstić information content (AvgIpc) is 2.51. The van der Waals surface area contributed by atoms with Crippen molar-refractivity contribution in [2.45, 2.75) is 38.3 Å². The van der Waals surface area contributed by atoms with E-state index in [4.69, 9.17) is 15.2 Å². The summed E-state index contributed by atoms with van der Waals surface area (Å²) in [5, 5.41) is 10.5. The van der Waals surface area contributed by atoms with Crippen LogP contribution in [-0.2, 0) is 6.42 Å². The lowest BCUT2D eigenvalue weighted by Crippen LogP contribution is -2.58. The molecule has 5 nitrogen and oxygen atoms in total. The second-order valence-corrected chi connectivity index (χ2v) is 6.28. The molecule has 3 heterocycles. The van der Waals surface area contributed by atoms with Crippen LogP contribution in [0.4, 0.5) is 5.69 Å². The van der Waals surface area contributed by atoms with Gasteiger partial charge in [-0.25, -0.2) is 0 Å². The smallest absolute Gasteiger partial charge is 0.183 e. The Hall–Kier alpha value is -1.46. The topological polar surface area (TPSA) is 68.0 Å². The molecule has 1 aromatic rings. The van der Waals surface area contributed by atoms with E-state index in [-0.39, 0.29) is 12.1 Å². The molecule has 3 fully saturated rings. The predicted octanol–water partition coefficient (Wildman–Crippen LogP) is 1.67. The third-order valence-electron chi connectivity index (χ3n) is 5.01. The van der Waals surface area contributed by atoms with E-state index in [1.807, 2.05) is 19.1 Å². The third-order valence-corrected chi connectivity index (χ3v) is 5.01. The van der Waals surface area contributed by atoms with E-state index in [1.54, 1.807) is 7.11 Å². The molecule has 0 aromatic heterocycles. The minimum absolute atomic E-state index is 0.190. The summed E-state index contributed by atoms with van der Waals surface area (Å²) in [7, 11) is 1.60. The minimum atomic E-state index is -0.235. The average molecular weight is 306 g/mol. The van der Waals surface area contributed by atoms with Gasteiger partial charge in [0.2, 0.25) is 0 Å². The first-order valence-electron chi connectivity index (χ1n) is 8.15. The zero-order valence-corrected chi connectivity index (χ0v) is 13.4. The molecule has 5 heteroatoms. The van der Waals surface area contributed by atoms with Crippen molar-refractivity contribution < 1.29 is 14.6 Å². The molecule has 0 saturated carbocycles. The van der Waals surface area contributed by atoms with E-state index in [0.29, 0.717) is 29.7 Å². The number of piperidine rings is 3. The molecule has 0 radical (unpaired) electrons. The zero-order chi connectivity index (χ0) is 15.7. The van der Waals surface area contributed by atoms with Crippen molar-refractivity contribution in [1.82, 2.24) is 4.90 Å². The van der Waals surface area contributed by atoms with E-state index in [9.17, 15) is 5.11 Å². The van der Waals surface area contributed by atoms with Gasteiger partial charge in [-0.15, -0.1) is 0 Å². The Kier molecular flexibility index (Phi) is 4.45. The molecular weight excluding hydrogens is 280 g/mol. The number of hydrogen-bond donors (Lipinski definition) is 2. The van der Waals surface area contributed by atoms with Gasteiger partial charge in [-0.05, 0) is 62.9 Å². The Labute approximate surface area is 132 Å². The van der Waals surface area contributed by atoms with Gasteiger partial charge in [0.25, 0.3) is 0 Å². The molecule has 2 unspecified atom stereocenters. The molecule has 0 spiro atoms. The molecular formula is C17H26N2O3. The van der Waals surface area contributed by atoms with Crippen molar-refractivity contribution in [3.05, 3.63) is 17.7 Å². The van der Waals surface area contributed by atoms with Gasteiger partial charge < -0.3 is 20.3 Å². The van der Waals surface area contributed by atoms with Gasteiger partial charge in [-0.2, -0.15) is 0 Å². The molecule has 22 heavy (non-hydrogen) atoms. The summed E-state index contributed by atoms with van der Waals surface area (Å²) < 4.78 is 11.0. The fourth-order valence-electron chi connectivity index (χ4n) is 3.90. The number of hydrogen-bond acceptors (Lipinski definition) is 5. The number of anilines is 1. The van der Waals surface area contributed by atoms with Gasteiger partial charge in [0.15, 0.2) is 11.5 Å². The number of rotatable bonds is 5. The molecule has 0 aliphatic carbocycles. The number of nitrogens with zero attached hydrogens (tertiary/aromatic N) is 1. The van der Waals surface area contributed by atoms with Crippen molar-refractivity contribution in [3.8, 4) is 11.5 Å². The molecule has 3 N–H and O–H groups in total. The van der Waals surface area contributed by atoms with Crippen molar-refractivity contribution in [2.24, 2.45) is 5.92 Å². The van der Waals surface area contributed by atoms with Crippen LogP contribution in [0, 0.1) is 5.92 Å². The molecule has 4 rings (SSSR count). The van der Waals surface area contributed by atoms with E-state index in [2.05, 4.69) is 4.90 Å². The molecule has 2 atom stereocenters. The highest BCUT2D eigenvalue weighted by molar-refractivity contribution is 5.62. The summed E-state index contributed by atoms with van der Waals surface area (Å²) in [6.07, 6.45) is 2.80. The lowest BCUT2D eigenvalue weighted by Gasteiger charge is -2.49. The van der Waals surface area contributed by atoms with Crippen molar-refractivity contribution in [2.75, 3.05) is 32.5 Å². The number of fused-ring (bicyclic) bond motifs is 3. The summed E-state index contributed by atoms with van der Waals surface area (Å²) in [5.74, 6) is 1.74. The van der Waals surface area contributed by atoms with Crippen molar-refractivity contribution in [3.63, 3.8) is 0 Å². The highest BCUT2D eigenvalue weighted by Gasteiger charge is 2.41. The SMILES string of the molecule is CCOc1cc(CC2C(O)C3CCN2CC3)cc(N)c1OC. The van der Waals surface area contributed by atoms with Gasteiger partial charge in [0, 0.05) is 6.04 Å². The summed E-state index contributed by atoms with van der Waals surface area (Å²) in [6.45, 7) is 4.70. The Bertz CT molecular complexity index is 525. The number of nitrogen functional groups attached to an aromatic ring is 1. The Morgan fingerprint density at radius 2 is 2.05 bits per heavy atom. The number of benzene rings is 1. The first-order chi connectivity index (χ1) is 10.6. The van der Waals surface area contributed by atoms with Gasteiger partial charge >= 0.3 is 0 Å². The van der Waals surface area contributed by atoms with Crippen LogP contribution in [0.5, 0.6) is 11.5 Å². The molecule has 122 valence electrons. The Balaban J connectivity index is 1.83. The first kappa shape index (κ1) is 15.4. The minimum Gasteiger partial charge on any atom is -0.491 e. The van der Waals surface area contributed by atoms with E-state index < -0.39 is 0 Å². The summed E-state index contributed by atoms with van der Waals surface area (Å²) >= 11 is 0. The lowest BCUT2D eigenvalue weighted by molar-refractivity contribution is -0.0715. The van der Waals surface area contributed by atoms with E-state index in [0.717, 1.165) is 37.9 Å². The summed E-state index contributed by atoms with van der Waals surface area (Å²) in [4.78, 5) is 2.41. The largest absolute Gasteiger partial charge is 0.491 e. The molecule has 1 aromatic carbocycles. The van der Waals surface area contributed by atoms with Crippen molar-refractivity contribution in [1.29, 1.82) is 0 Å². The van der Waals surface area contributed by atoms with Crippen LogP contribution in [-0.4, -0.2) is 49.0 Å². The van der Waals surface area contributed by atoms with Crippen LogP contribution in [0.25, 0.3) is 0 Å². The van der Waals surface area contributed by atoms with Gasteiger partial charge in [0.1, 0.15) is 0 Å². The van der Waals surface area contributed by atoms with E-state index in [1.165, 1.54) is 0 Å². The highest BCUT2D eigenvalue weighted by Crippen LogP contribution is 2.38. The first-order valence-corrected chi connectivity index (χ1v) is 8.15. The summed E-state index contributed by atoms with van der Waals surface area (Å²) in [6, 6.07) is 4.13. The Morgan fingerprint density at radius 1 is 1.32 bits per heavy atom. The molecule has 2 bridgehead atoms. The molecule has 3 aliphatic heterocycles. The number of nitrogens with two attached hydrogens (primary N) is 1. The lowest BCUT2D eigenvalue weighted by atomic mass is 9.78. The number of aliphatic hydroxyl groups is 1. The predicted molar refractivity (Wildman–Crippen MR) is 86.4 cm³/mol. The fourth-order valence-corrected chi connectivity index (χ4v) is 3.90. The maximum atomic E-state index is 10.5. The van der Waals surface area contributed by atoms with Crippen LogP contribution in [0.3, 0.4) is 0 Å². The zero-order valence-electron chi connectivity index (χ0n) is 13.4. The number of methoxy groups -OCH3 is 1. The van der Waals surface area contributed by atoms with Crippen LogP contribution in [0.15, 0.2) is 12.1 Å². The number of ether oxygens (including phenoxy) is 2.